The second-order valence-corrected chi connectivity index (χ2v) is 7.21. The van der Waals surface area contributed by atoms with Crippen molar-refractivity contribution < 1.29 is 0 Å². The van der Waals surface area contributed by atoms with Crippen molar-refractivity contribution in [1.29, 1.82) is 0 Å². The highest BCUT2D eigenvalue weighted by atomic mass is 32.1. The van der Waals surface area contributed by atoms with Gasteiger partial charge in [-0.2, -0.15) is 0 Å². The van der Waals surface area contributed by atoms with Crippen molar-refractivity contribution in [3.63, 3.8) is 0 Å². The molecular weight excluding hydrogens is 316 g/mol. The number of thiophene rings is 1. The molecule has 2 aromatic rings. The van der Waals surface area contributed by atoms with Crippen LogP contribution in [-0.4, -0.2) is 49.5 Å². The van der Waals surface area contributed by atoms with Gasteiger partial charge in [0, 0.05) is 51.7 Å². The number of nitrogens with zero attached hydrogens (tertiary/aromatic N) is 3. The molecule has 24 heavy (non-hydrogen) atoms. The molecule has 1 aromatic carbocycles. The second kappa shape index (κ2) is 8.31. The normalized spacial score (nSPS) is 15.2. The van der Waals surface area contributed by atoms with Gasteiger partial charge in [-0.05, 0) is 29.0 Å². The maximum atomic E-state index is 4.41. The van der Waals surface area contributed by atoms with Crippen molar-refractivity contribution in [2.24, 2.45) is 4.99 Å². The monoisotopic (exact) mass is 342 g/mol. The Hall–Kier alpha value is -1.85. The number of fused-ring (bicyclic) bond motifs is 1. The number of benzene rings is 1. The third-order valence-electron chi connectivity index (χ3n) is 4.43. The molecule has 0 radical (unpaired) electrons. The van der Waals surface area contributed by atoms with E-state index in [2.05, 4.69) is 62.9 Å². The molecule has 3 rings (SSSR count). The van der Waals surface area contributed by atoms with Crippen LogP contribution in [0.2, 0.25) is 0 Å². The van der Waals surface area contributed by atoms with Gasteiger partial charge in [0.1, 0.15) is 0 Å². The quantitative estimate of drug-likeness (QED) is 0.670. The molecule has 0 fully saturated rings. The Labute approximate surface area is 148 Å². The average molecular weight is 343 g/mol. The first kappa shape index (κ1) is 17.0. The minimum atomic E-state index is 0.864. The van der Waals surface area contributed by atoms with Gasteiger partial charge in [-0.15, -0.1) is 11.3 Å². The van der Waals surface area contributed by atoms with Gasteiger partial charge in [-0.3, -0.25) is 9.89 Å². The van der Waals surface area contributed by atoms with Gasteiger partial charge in [0.05, 0.1) is 0 Å². The van der Waals surface area contributed by atoms with Crippen molar-refractivity contribution in [3.05, 3.63) is 57.8 Å². The summed E-state index contributed by atoms with van der Waals surface area (Å²) in [4.78, 5) is 10.7. The van der Waals surface area contributed by atoms with Gasteiger partial charge in [-0.25, -0.2) is 0 Å². The molecule has 0 unspecified atom stereocenters. The highest BCUT2D eigenvalue weighted by Crippen LogP contribution is 2.23. The van der Waals surface area contributed by atoms with Crippen molar-refractivity contribution in [1.82, 2.24) is 15.1 Å². The van der Waals surface area contributed by atoms with E-state index in [1.54, 1.807) is 4.88 Å². The fourth-order valence-electron chi connectivity index (χ4n) is 3.14. The third kappa shape index (κ3) is 4.36. The Morgan fingerprint density at radius 3 is 2.92 bits per heavy atom. The molecule has 2 heterocycles. The molecular formula is C19H26N4S. The predicted molar refractivity (Wildman–Crippen MR) is 103 cm³/mol. The van der Waals surface area contributed by atoms with E-state index in [0.717, 1.165) is 38.7 Å². The van der Waals surface area contributed by atoms with Gasteiger partial charge in [-0.1, -0.05) is 30.3 Å². The van der Waals surface area contributed by atoms with Crippen LogP contribution in [-0.2, 0) is 19.5 Å². The SMILES string of the molecule is CN=C(NCCN1CCc2sccc2C1)N(C)Cc1ccccc1. The first-order valence-electron chi connectivity index (χ1n) is 8.49. The van der Waals surface area contributed by atoms with E-state index in [1.165, 1.54) is 17.5 Å². The summed E-state index contributed by atoms with van der Waals surface area (Å²) < 4.78 is 0. The number of guanidine groups is 1. The molecule has 4 nitrogen and oxygen atoms in total. The fourth-order valence-corrected chi connectivity index (χ4v) is 4.03. The van der Waals surface area contributed by atoms with E-state index < -0.39 is 0 Å². The highest BCUT2D eigenvalue weighted by molar-refractivity contribution is 7.10. The summed E-state index contributed by atoms with van der Waals surface area (Å²) in [5, 5.41) is 5.71. The maximum Gasteiger partial charge on any atom is 0.193 e. The lowest BCUT2D eigenvalue weighted by molar-refractivity contribution is 0.259. The summed E-state index contributed by atoms with van der Waals surface area (Å²) in [5.74, 6) is 0.951. The standard InChI is InChI=1S/C19H26N4S/c1-20-19(22(2)14-16-6-4-3-5-7-16)21-10-12-23-11-8-18-17(15-23)9-13-24-18/h3-7,9,13H,8,10-12,14-15H2,1-2H3,(H,20,21). The molecule has 0 saturated carbocycles. The van der Waals surface area contributed by atoms with E-state index >= 15 is 0 Å². The van der Waals surface area contributed by atoms with E-state index in [1.807, 2.05) is 24.5 Å². The molecule has 1 aliphatic heterocycles. The zero-order valence-corrected chi connectivity index (χ0v) is 15.4. The summed E-state index contributed by atoms with van der Waals surface area (Å²) >= 11 is 1.90. The van der Waals surface area contributed by atoms with Crippen LogP contribution >= 0.6 is 11.3 Å². The van der Waals surface area contributed by atoms with Crippen molar-refractivity contribution in [2.75, 3.05) is 33.7 Å². The van der Waals surface area contributed by atoms with Crippen molar-refractivity contribution in [2.45, 2.75) is 19.5 Å². The van der Waals surface area contributed by atoms with Crippen LogP contribution in [0.4, 0.5) is 0 Å². The number of nitrogens with one attached hydrogen (secondary N) is 1. The average Bonchev–Trinajstić information content (AvgIpc) is 3.07. The lowest BCUT2D eigenvalue weighted by atomic mass is 10.1. The van der Waals surface area contributed by atoms with Crippen LogP contribution in [0, 0.1) is 0 Å². The third-order valence-corrected chi connectivity index (χ3v) is 5.46. The largest absolute Gasteiger partial charge is 0.355 e. The molecule has 1 aliphatic rings. The molecule has 1 aromatic heterocycles. The lowest BCUT2D eigenvalue weighted by Crippen LogP contribution is -2.43. The first-order valence-corrected chi connectivity index (χ1v) is 9.37. The Kier molecular flexibility index (Phi) is 5.88. The Balaban J connectivity index is 1.45. The van der Waals surface area contributed by atoms with Crippen molar-refractivity contribution >= 4 is 17.3 Å². The summed E-state index contributed by atoms with van der Waals surface area (Å²) in [7, 11) is 3.93. The summed E-state index contributed by atoms with van der Waals surface area (Å²) in [5.41, 5.74) is 2.81. The molecule has 0 amide bonds. The Morgan fingerprint density at radius 2 is 2.12 bits per heavy atom. The minimum absolute atomic E-state index is 0.864. The Bertz CT molecular complexity index is 665. The first-order chi connectivity index (χ1) is 11.8. The minimum Gasteiger partial charge on any atom is -0.355 e. The van der Waals surface area contributed by atoms with E-state index in [0.29, 0.717) is 0 Å². The highest BCUT2D eigenvalue weighted by Gasteiger charge is 2.16. The van der Waals surface area contributed by atoms with Crippen LogP contribution < -0.4 is 5.32 Å². The van der Waals surface area contributed by atoms with Crippen LogP contribution in [0.1, 0.15) is 16.0 Å². The summed E-state index contributed by atoms with van der Waals surface area (Å²) in [6, 6.07) is 12.8. The van der Waals surface area contributed by atoms with Gasteiger partial charge < -0.3 is 10.2 Å². The van der Waals surface area contributed by atoms with Crippen LogP contribution in [0.3, 0.4) is 0 Å². The van der Waals surface area contributed by atoms with E-state index in [4.69, 9.17) is 0 Å². The van der Waals surface area contributed by atoms with Crippen LogP contribution in [0.5, 0.6) is 0 Å². The smallest absolute Gasteiger partial charge is 0.193 e. The van der Waals surface area contributed by atoms with Crippen molar-refractivity contribution in [3.8, 4) is 0 Å². The molecule has 0 spiro atoms. The Morgan fingerprint density at radius 1 is 1.29 bits per heavy atom. The zero-order valence-electron chi connectivity index (χ0n) is 14.5. The van der Waals surface area contributed by atoms with Gasteiger partial charge in [0.15, 0.2) is 5.96 Å². The zero-order chi connectivity index (χ0) is 16.8. The number of hydrogen-bond acceptors (Lipinski definition) is 3. The molecule has 128 valence electrons. The van der Waals surface area contributed by atoms with E-state index in [-0.39, 0.29) is 0 Å². The summed E-state index contributed by atoms with van der Waals surface area (Å²) in [6.45, 7) is 5.08. The number of rotatable bonds is 5. The van der Waals surface area contributed by atoms with Gasteiger partial charge in [0.25, 0.3) is 0 Å². The topological polar surface area (TPSA) is 30.9 Å². The van der Waals surface area contributed by atoms with Crippen LogP contribution in [0.25, 0.3) is 0 Å². The molecule has 5 heteroatoms. The molecule has 0 atom stereocenters. The summed E-state index contributed by atoms with van der Waals surface area (Å²) in [6.07, 6.45) is 1.19. The predicted octanol–water partition coefficient (Wildman–Crippen LogP) is 2.81. The van der Waals surface area contributed by atoms with Gasteiger partial charge in [0.2, 0.25) is 0 Å². The second-order valence-electron chi connectivity index (χ2n) is 6.21. The molecule has 0 aliphatic carbocycles. The molecule has 0 bridgehead atoms. The molecule has 1 N–H and O–H groups in total. The number of hydrogen-bond donors (Lipinski definition) is 1. The fraction of sp³-hybridized carbons (Fsp3) is 0.421. The maximum absolute atomic E-state index is 4.41. The number of aliphatic imine (C=N–C) groups is 1. The van der Waals surface area contributed by atoms with Crippen LogP contribution in [0.15, 0.2) is 46.8 Å². The lowest BCUT2D eigenvalue weighted by Gasteiger charge is -2.28. The van der Waals surface area contributed by atoms with Gasteiger partial charge >= 0.3 is 0 Å². The molecule has 0 saturated heterocycles. The van der Waals surface area contributed by atoms with E-state index in [9.17, 15) is 0 Å².